The zero-order chi connectivity index (χ0) is 15.8. The van der Waals surface area contributed by atoms with Crippen LogP contribution in [-0.4, -0.2) is 24.9 Å². The Balaban J connectivity index is 2.56. The van der Waals surface area contributed by atoms with Crippen molar-refractivity contribution in [2.24, 2.45) is 0 Å². The molecule has 2 rings (SSSR count). The van der Waals surface area contributed by atoms with E-state index in [0.717, 1.165) is 24.3 Å². The van der Waals surface area contributed by atoms with E-state index in [2.05, 4.69) is 59.0 Å². The van der Waals surface area contributed by atoms with Gasteiger partial charge in [0.25, 0.3) is 0 Å². The number of morpholine rings is 1. The molecule has 1 aliphatic heterocycles. The van der Waals surface area contributed by atoms with Gasteiger partial charge in [-0.25, -0.2) is 0 Å². The number of benzene rings is 1. The predicted octanol–water partition coefficient (Wildman–Crippen LogP) is 3.65. The van der Waals surface area contributed by atoms with Gasteiger partial charge in [-0.3, -0.25) is 0 Å². The van der Waals surface area contributed by atoms with E-state index in [1.54, 1.807) is 0 Å². The van der Waals surface area contributed by atoms with E-state index in [1.165, 1.54) is 5.56 Å². The minimum atomic E-state index is -0.0877. The lowest BCUT2D eigenvalue weighted by molar-refractivity contribution is 0.0767. The van der Waals surface area contributed by atoms with Crippen molar-refractivity contribution in [3.63, 3.8) is 0 Å². The number of hydrogen-bond donors (Lipinski definition) is 2. The van der Waals surface area contributed by atoms with Crippen molar-refractivity contribution in [1.29, 1.82) is 0 Å². The maximum absolute atomic E-state index is 10.7. The van der Waals surface area contributed by atoms with Gasteiger partial charge >= 0.3 is 0 Å². The van der Waals surface area contributed by atoms with E-state index in [4.69, 9.17) is 4.74 Å². The van der Waals surface area contributed by atoms with Crippen LogP contribution < -0.4 is 5.32 Å². The molecule has 21 heavy (non-hydrogen) atoms. The number of hydrogen-bond acceptors (Lipinski definition) is 3. The van der Waals surface area contributed by atoms with Crippen LogP contribution in [0.25, 0.3) is 0 Å². The van der Waals surface area contributed by atoms with Crippen molar-refractivity contribution in [2.75, 3.05) is 19.8 Å². The smallest absolute Gasteiger partial charge is 0.123 e. The lowest BCUT2D eigenvalue weighted by atomic mass is 9.77. The van der Waals surface area contributed by atoms with E-state index in [-0.39, 0.29) is 16.9 Å². The number of nitrogens with one attached hydrogen (secondary N) is 1. The van der Waals surface area contributed by atoms with Crippen molar-refractivity contribution < 1.29 is 9.84 Å². The Kier molecular flexibility index (Phi) is 4.36. The Morgan fingerprint density at radius 3 is 1.95 bits per heavy atom. The van der Waals surface area contributed by atoms with E-state index in [1.807, 2.05) is 0 Å². The highest BCUT2D eigenvalue weighted by Crippen LogP contribution is 2.40. The van der Waals surface area contributed by atoms with Gasteiger partial charge in [0.15, 0.2) is 0 Å². The van der Waals surface area contributed by atoms with Crippen molar-refractivity contribution >= 4 is 0 Å². The van der Waals surface area contributed by atoms with Crippen LogP contribution in [0.2, 0.25) is 0 Å². The van der Waals surface area contributed by atoms with Crippen LogP contribution in [0.1, 0.15) is 64.3 Å². The summed E-state index contributed by atoms with van der Waals surface area (Å²) in [5.41, 5.74) is 3.06. The molecule has 118 valence electrons. The Bertz CT molecular complexity index is 468. The van der Waals surface area contributed by atoms with Gasteiger partial charge in [0, 0.05) is 6.54 Å². The molecule has 1 aliphatic rings. The van der Waals surface area contributed by atoms with Crippen molar-refractivity contribution in [1.82, 2.24) is 5.32 Å². The van der Waals surface area contributed by atoms with Gasteiger partial charge in [0.2, 0.25) is 0 Å². The first kappa shape index (κ1) is 16.3. The molecule has 0 radical (unpaired) electrons. The monoisotopic (exact) mass is 291 g/mol. The Hall–Kier alpha value is -1.06. The standard InChI is InChI=1S/C18H29NO2/c1-17(2,3)13-9-12(15-11-21-8-7-19-15)10-14(16(13)20)18(4,5)6/h9-10,15,19-20H,7-8,11H2,1-6H3/t15-/m0/s1. The van der Waals surface area contributed by atoms with Crippen molar-refractivity contribution in [3.05, 3.63) is 28.8 Å². The van der Waals surface area contributed by atoms with Crippen LogP contribution in [0, 0.1) is 0 Å². The minimum absolute atomic E-state index is 0.0877. The largest absolute Gasteiger partial charge is 0.507 e. The number of aromatic hydroxyl groups is 1. The van der Waals surface area contributed by atoms with Crippen LogP contribution in [0.3, 0.4) is 0 Å². The summed E-state index contributed by atoms with van der Waals surface area (Å²) in [5.74, 6) is 0.440. The second-order valence-electron chi connectivity index (χ2n) is 8.05. The molecule has 0 unspecified atom stereocenters. The van der Waals surface area contributed by atoms with E-state index >= 15 is 0 Å². The maximum atomic E-state index is 10.7. The lowest BCUT2D eigenvalue weighted by Gasteiger charge is -2.31. The van der Waals surface area contributed by atoms with Gasteiger partial charge in [0.05, 0.1) is 19.3 Å². The molecule has 3 heteroatoms. The average molecular weight is 291 g/mol. The molecule has 0 amide bonds. The fraction of sp³-hybridized carbons (Fsp3) is 0.667. The molecule has 1 saturated heterocycles. The molecule has 1 aromatic carbocycles. The maximum Gasteiger partial charge on any atom is 0.123 e. The van der Waals surface area contributed by atoms with Crippen molar-refractivity contribution in [3.8, 4) is 5.75 Å². The van der Waals surface area contributed by atoms with E-state index < -0.39 is 0 Å². The number of phenolic OH excluding ortho intramolecular Hbond substituents is 1. The van der Waals surface area contributed by atoms with Crippen LogP contribution in [0.4, 0.5) is 0 Å². The summed E-state index contributed by atoms with van der Waals surface area (Å²) in [6.07, 6.45) is 0. The number of ether oxygens (including phenoxy) is 1. The highest BCUT2D eigenvalue weighted by molar-refractivity contribution is 5.50. The first-order valence-electron chi connectivity index (χ1n) is 7.79. The van der Waals surface area contributed by atoms with Gasteiger partial charge in [-0.1, -0.05) is 41.5 Å². The molecule has 3 nitrogen and oxygen atoms in total. The van der Waals surface area contributed by atoms with Gasteiger partial charge in [-0.2, -0.15) is 0 Å². The van der Waals surface area contributed by atoms with E-state index in [9.17, 15) is 5.11 Å². The minimum Gasteiger partial charge on any atom is -0.507 e. The molecule has 0 saturated carbocycles. The second-order valence-corrected chi connectivity index (χ2v) is 8.05. The zero-order valence-corrected chi connectivity index (χ0v) is 14.2. The summed E-state index contributed by atoms with van der Waals surface area (Å²) in [7, 11) is 0. The zero-order valence-electron chi connectivity index (χ0n) is 14.2. The predicted molar refractivity (Wildman–Crippen MR) is 87.1 cm³/mol. The van der Waals surface area contributed by atoms with Gasteiger partial charge in [-0.15, -0.1) is 0 Å². The molecule has 1 atom stereocenters. The van der Waals surface area contributed by atoms with Crippen LogP contribution in [0.5, 0.6) is 5.75 Å². The van der Waals surface area contributed by atoms with Crippen LogP contribution in [0.15, 0.2) is 12.1 Å². The van der Waals surface area contributed by atoms with Gasteiger partial charge < -0.3 is 15.2 Å². The Morgan fingerprint density at radius 2 is 1.57 bits per heavy atom. The summed E-state index contributed by atoms with van der Waals surface area (Å²) >= 11 is 0. The first-order chi connectivity index (χ1) is 9.60. The third-order valence-corrected chi connectivity index (χ3v) is 4.07. The molecule has 1 fully saturated rings. The highest BCUT2D eigenvalue weighted by atomic mass is 16.5. The molecule has 0 aliphatic carbocycles. The Morgan fingerprint density at radius 1 is 1.05 bits per heavy atom. The SMILES string of the molecule is CC(C)(C)c1cc([C@@H]2COCCN2)cc(C(C)(C)C)c1O. The molecule has 2 N–H and O–H groups in total. The summed E-state index contributed by atoms with van der Waals surface area (Å²) in [4.78, 5) is 0. The number of phenols is 1. The third kappa shape index (κ3) is 3.58. The molecule has 0 spiro atoms. The van der Waals surface area contributed by atoms with Gasteiger partial charge in [0.1, 0.15) is 5.75 Å². The highest BCUT2D eigenvalue weighted by Gasteiger charge is 2.28. The molecule has 0 aromatic heterocycles. The lowest BCUT2D eigenvalue weighted by Crippen LogP contribution is -2.35. The number of rotatable bonds is 1. The second kappa shape index (κ2) is 5.62. The van der Waals surface area contributed by atoms with Crippen LogP contribution >= 0.6 is 0 Å². The average Bonchev–Trinajstić information content (AvgIpc) is 2.37. The van der Waals surface area contributed by atoms with Crippen LogP contribution in [-0.2, 0) is 15.6 Å². The summed E-state index contributed by atoms with van der Waals surface area (Å²) in [5, 5.41) is 14.2. The molecule has 1 aromatic rings. The Labute approximate surface area is 128 Å². The fourth-order valence-electron chi connectivity index (χ4n) is 2.78. The fourth-order valence-corrected chi connectivity index (χ4v) is 2.78. The first-order valence-corrected chi connectivity index (χ1v) is 7.79. The van der Waals surface area contributed by atoms with Gasteiger partial charge in [-0.05, 0) is 39.7 Å². The summed E-state index contributed by atoms with van der Waals surface area (Å²) in [6.45, 7) is 15.2. The molecule has 0 bridgehead atoms. The summed E-state index contributed by atoms with van der Waals surface area (Å²) in [6, 6.07) is 4.48. The molecule has 1 heterocycles. The topological polar surface area (TPSA) is 41.5 Å². The molecular weight excluding hydrogens is 262 g/mol. The molecular formula is C18H29NO2. The summed E-state index contributed by atoms with van der Waals surface area (Å²) < 4.78 is 5.59. The third-order valence-electron chi connectivity index (χ3n) is 4.07. The quantitative estimate of drug-likeness (QED) is 0.830. The van der Waals surface area contributed by atoms with E-state index in [0.29, 0.717) is 12.4 Å². The normalized spacial score (nSPS) is 20.6. The van der Waals surface area contributed by atoms with Crippen molar-refractivity contribution in [2.45, 2.75) is 58.4 Å².